The Morgan fingerprint density at radius 3 is 1.93 bits per heavy atom. The summed E-state index contributed by atoms with van der Waals surface area (Å²) in [6, 6.07) is 13.4. The normalized spacial score (nSPS) is 13.1. The second-order valence-electron chi connectivity index (χ2n) is 7.27. The second-order valence-corrected chi connectivity index (χ2v) is 8.03. The van der Waals surface area contributed by atoms with Crippen LogP contribution < -0.4 is 18.6 Å². The molecule has 0 bridgehead atoms. The van der Waals surface area contributed by atoms with Crippen molar-refractivity contribution in [2.75, 3.05) is 6.54 Å². The van der Waals surface area contributed by atoms with Gasteiger partial charge in [0.05, 0.1) is 10.9 Å². The number of rotatable bonds is 9. The van der Waals surface area contributed by atoms with Crippen LogP contribution in [0.25, 0.3) is 10.8 Å². The van der Waals surface area contributed by atoms with E-state index in [0.29, 0.717) is 0 Å². The van der Waals surface area contributed by atoms with Gasteiger partial charge in [0.2, 0.25) is 5.69 Å². The molecule has 154 valence electrons. The average Bonchev–Trinajstić information content (AvgIpc) is 2.90. The summed E-state index contributed by atoms with van der Waals surface area (Å²) in [5, 5.41) is 2.82. The van der Waals surface area contributed by atoms with Gasteiger partial charge in [-0.1, -0.05) is 69.7 Å². The molecule has 0 aromatic heterocycles. The average molecular weight is 408 g/mol. The monoisotopic (exact) mass is 407 g/mol. The Morgan fingerprint density at radius 2 is 1.32 bits per heavy atom. The molecule has 0 amide bonds. The first-order valence-electron chi connectivity index (χ1n) is 10.1. The molecule has 28 heavy (non-hydrogen) atoms. The van der Waals surface area contributed by atoms with E-state index in [1.165, 1.54) is 79.1 Å². The molecule has 0 saturated carbocycles. The minimum atomic E-state index is -4.94. The lowest BCUT2D eigenvalue weighted by Crippen LogP contribution is -2.68. The molecular weight excluding hydrogens is 378 g/mol. The Labute approximate surface area is 169 Å². The quantitative estimate of drug-likeness (QED) is 0.466. The molecular formula is C22H30ClNO4. The van der Waals surface area contributed by atoms with Gasteiger partial charge in [-0.05, 0) is 17.9 Å². The molecule has 0 aliphatic carbocycles. The first-order valence-corrected chi connectivity index (χ1v) is 11.3. The summed E-state index contributed by atoms with van der Waals surface area (Å²) in [5.41, 5.74) is 4.27. The van der Waals surface area contributed by atoms with E-state index < -0.39 is 10.2 Å². The fourth-order valence-electron chi connectivity index (χ4n) is 3.87. The van der Waals surface area contributed by atoms with Crippen molar-refractivity contribution in [3.8, 4) is 0 Å². The van der Waals surface area contributed by atoms with Gasteiger partial charge in [0, 0.05) is 19.4 Å². The Bertz CT molecular complexity index is 787. The molecule has 2 aromatic rings. The molecule has 1 aliphatic heterocycles. The van der Waals surface area contributed by atoms with Crippen LogP contribution in [0.5, 0.6) is 0 Å². The highest BCUT2D eigenvalue weighted by atomic mass is 35.7. The minimum absolute atomic E-state index is 1.16. The third kappa shape index (κ3) is 6.83. The fraction of sp³-hybridized carbons (Fsp3) is 0.500. The van der Waals surface area contributed by atoms with Crippen LogP contribution in [-0.4, -0.2) is 16.8 Å². The molecule has 1 aliphatic rings. The van der Waals surface area contributed by atoms with E-state index in [4.69, 9.17) is 18.6 Å². The van der Waals surface area contributed by atoms with Gasteiger partial charge in [0.1, 0.15) is 6.54 Å². The lowest BCUT2D eigenvalue weighted by molar-refractivity contribution is -2.00. The summed E-state index contributed by atoms with van der Waals surface area (Å²) in [4.78, 5) is 0. The van der Waals surface area contributed by atoms with E-state index in [-0.39, 0.29) is 0 Å². The van der Waals surface area contributed by atoms with E-state index in [1.807, 2.05) is 0 Å². The number of benzene rings is 2. The molecule has 3 rings (SSSR count). The maximum atomic E-state index is 8.49. The number of hydrogen-bond acceptors (Lipinski definition) is 4. The van der Waals surface area contributed by atoms with Crippen molar-refractivity contribution < 1.29 is 33.5 Å². The molecule has 1 heterocycles. The van der Waals surface area contributed by atoms with Gasteiger partial charge in [0.25, 0.3) is 0 Å². The van der Waals surface area contributed by atoms with Gasteiger partial charge in [0.15, 0.2) is 5.71 Å². The SMILES string of the molecule is CCCCCCCCCC[N+]1=C(C)c2cccc3cccc1c23.[O-][Cl+3]([O-])([O-])[O-]. The van der Waals surface area contributed by atoms with E-state index in [9.17, 15) is 0 Å². The van der Waals surface area contributed by atoms with Gasteiger partial charge in [-0.3, -0.25) is 0 Å². The van der Waals surface area contributed by atoms with Crippen LogP contribution in [0.3, 0.4) is 0 Å². The van der Waals surface area contributed by atoms with Gasteiger partial charge >= 0.3 is 0 Å². The van der Waals surface area contributed by atoms with Crippen LogP contribution in [0, 0.1) is 10.2 Å². The molecule has 0 radical (unpaired) electrons. The first kappa shape index (κ1) is 22.8. The van der Waals surface area contributed by atoms with Crippen LogP contribution in [0.4, 0.5) is 5.69 Å². The number of halogens is 1. The van der Waals surface area contributed by atoms with Crippen LogP contribution in [0.1, 0.15) is 70.8 Å². The third-order valence-corrected chi connectivity index (χ3v) is 5.20. The van der Waals surface area contributed by atoms with Crippen LogP contribution in [0.15, 0.2) is 36.4 Å². The van der Waals surface area contributed by atoms with Crippen molar-refractivity contribution in [2.24, 2.45) is 0 Å². The molecule has 0 spiro atoms. The number of unbranched alkanes of at least 4 members (excludes halogenated alkanes) is 7. The van der Waals surface area contributed by atoms with Crippen molar-refractivity contribution in [3.05, 3.63) is 42.0 Å². The Hall–Kier alpha value is -1.50. The smallest absolute Gasteiger partial charge is 0.214 e. The van der Waals surface area contributed by atoms with Gasteiger partial charge in [-0.25, -0.2) is 18.6 Å². The van der Waals surface area contributed by atoms with Crippen molar-refractivity contribution in [2.45, 2.75) is 65.2 Å². The highest BCUT2D eigenvalue weighted by Gasteiger charge is 2.28. The Balaban J connectivity index is 0.000000500. The molecule has 0 fully saturated rings. The molecule has 0 N–H and O–H groups in total. The van der Waals surface area contributed by atoms with Crippen molar-refractivity contribution in [1.29, 1.82) is 0 Å². The largest absolute Gasteiger partial charge is 0.222 e. The summed E-state index contributed by atoms with van der Waals surface area (Å²) in [7, 11) is -4.94. The zero-order valence-electron chi connectivity index (χ0n) is 16.8. The maximum Gasteiger partial charge on any atom is 0.214 e. The minimum Gasteiger partial charge on any atom is -0.222 e. The van der Waals surface area contributed by atoms with Crippen molar-refractivity contribution in [1.82, 2.24) is 0 Å². The molecule has 5 nitrogen and oxygen atoms in total. The second kappa shape index (κ2) is 10.9. The van der Waals surface area contributed by atoms with Crippen LogP contribution in [0.2, 0.25) is 0 Å². The van der Waals surface area contributed by atoms with E-state index in [2.05, 4.69) is 54.8 Å². The molecule has 0 atom stereocenters. The predicted octanol–water partition coefficient (Wildman–Crippen LogP) is 1.69. The summed E-state index contributed by atoms with van der Waals surface area (Å²) in [6.45, 7) is 5.72. The van der Waals surface area contributed by atoms with E-state index in [1.54, 1.807) is 0 Å². The summed E-state index contributed by atoms with van der Waals surface area (Å²) in [5.74, 6) is 0. The van der Waals surface area contributed by atoms with Crippen molar-refractivity contribution in [3.63, 3.8) is 0 Å². The Morgan fingerprint density at radius 1 is 0.786 bits per heavy atom. The van der Waals surface area contributed by atoms with Crippen molar-refractivity contribution >= 4 is 22.2 Å². The summed E-state index contributed by atoms with van der Waals surface area (Å²) < 4.78 is 36.5. The predicted molar refractivity (Wildman–Crippen MR) is 101 cm³/mol. The van der Waals surface area contributed by atoms with Crippen LogP contribution >= 0.6 is 0 Å². The summed E-state index contributed by atoms with van der Waals surface area (Å²) in [6.07, 6.45) is 11.1. The third-order valence-electron chi connectivity index (χ3n) is 5.20. The zero-order chi connectivity index (χ0) is 20.6. The van der Waals surface area contributed by atoms with E-state index in [0.717, 1.165) is 6.54 Å². The molecule has 0 saturated heterocycles. The Kier molecular flexibility index (Phi) is 8.86. The maximum absolute atomic E-state index is 8.49. The highest BCUT2D eigenvalue weighted by molar-refractivity contribution is 6.14. The lowest BCUT2D eigenvalue weighted by Gasteiger charge is -2.17. The number of nitrogens with zero attached hydrogens (tertiary/aromatic N) is 1. The molecule has 2 aromatic carbocycles. The molecule has 6 heteroatoms. The zero-order valence-corrected chi connectivity index (χ0v) is 17.5. The van der Waals surface area contributed by atoms with Gasteiger partial charge < -0.3 is 0 Å². The topological polar surface area (TPSA) is 95.2 Å². The summed E-state index contributed by atoms with van der Waals surface area (Å²) >= 11 is 0. The number of hydrogen-bond donors (Lipinski definition) is 0. The fourth-order valence-corrected chi connectivity index (χ4v) is 3.87. The van der Waals surface area contributed by atoms with Gasteiger partial charge in [-0.2, -0.15) is 4.58 Å². The van der Waals surface area contributed by atoms with Crippen LogP contribution in [-0.2, 0) is 0 Å². The van der Waals surface area contributed by atoms with E-state index >= 15 is 0 Å². The van der Waals surface area contributed by atoms with Gasteiger partial charge in [-0.15, -0.1) is 10.2 Å². The first-order chi connectivity index (χ1) is 13.3. The molecule has 0 unspecified atom stereocenters. The standard InChI is InChI=1S/C22H30N.ClHO4/c1-3-4-5-6-7-8-9-10-17-23-18(2)20-15-11-13-19-14-12-16-21(23)22(19)20;2-1(3,4)5/h11-16H,3-10,17H2,1-2H3;(H,2,3,4,5)/q+1;/p-1. The lowest BCUT2D eigenvalue weighted by atomic mass is 10.0. The highest BCUT2D eigenvalue weighted by Crippen LogP contribution is 2.35.